The van der Waals surface area contributed by atoms with Crippen LogP contribution in [0.25, 0.3) is 0 Å². The van der Waals surface area contributed by atoms with Crippen molar-refractivity contribution in [3.05, 3.63) is 51.5 Å². The molecule has 0 bridgehead atoms. The number of hydrogen-bond donors (Lipinski definition) is 7. The van der Waals surface area contributed by atoms with E-state index >= 15 is 0 Å². The number of aliphatic hydroxyl groups is 4. The first-order valence-electron chi connectivity index (χ1n) is 12.5. The SMILES string of the molecule is CC(C)CNCc1ccc2c(c1O)C(=O)C1=C(O)[C@]3(O)C(=O)C(C(N)=O)=C(O)[C@@H](N(C)C)[C@]3(O)CC1[C@H]2C. The highest BCUT2D eigenvalue weighted by Crippen LogP contribution is 2.57. The molecule has 11 heteroatoms. The molecule has 0 radical (unpaired) electrons. The Balaban J connectivity index is 1.93. The lowest BCUT2D eigenvalue weighted by Crippen LogP contribution is -2.75. The number of carbonyl (C=O) groups excluding carboxylic acids is 3. The number of Topliss-reactive ketones (excluding diaryl/α,β-unsaturated/α-hetero) is 2. The third-order valence-electron chi connectivity index (χ3n) is 8.14. The first-order valence-corrected chi connectivity index (χ1v) is 12.5. The van der Waals surface area contributed by atoms with E-state index in [1.165, 1.54) is 19.0 Å². The quantitative estimate of drug-likeness (QED) is 0.256. The van der Waals surface area contributed by atoms with Crippen LogP contribution in [0.3, 0.4) is 0 Å². The third kappa shape index (κ3) is 3.60. The van der Waals surface area contributed by atoms with Crippen LogP contribution in [0, 0.1) is 11.8 Å². The van der Waals surface area contributed by atoms with Gasteiger partial charge in [-0.15, -0.1) is 0 Å². The fraction of sp³-hybridized carbons (Fsp3) is 0.519. The highest BCUT2D eigenvalue weighted by molar-refractivity contribution is 6.25. The zero-order valence-corrected chi connectivity index (χ0v) is 22.1. The van der Waals surface area contributed by atoms with Crippen molar-refractivity contribution < 1.29 is 39.9 Å². The second-order valence-corrected chi connectivity index (χ2v) is 11.2. The molecule has 5 atom stereocenters. The van der Waals surface area contributed by atoms with Crippen molar-refractivity contribution in [3.8, 4) is 5.75 Å². The van der Waals surface area contributed by atoms with Gasteiger partial charge >= 0.3 is 0 Å². The molecule has 4 rings (SSSR count). The summed E-state index contributed by atoms with van der Waals surface area (Å²) in [6, 6.07) is 1.90. The number of nitrogens with zero attached hydrogens (tertiary/aromatic N) is 1. The Morgan fingerprint density at radius 2 is 1.82 bits per heavy atom. The van der Waals surface area contributed by atoms with Gasteiger partial charge in [0.15, 0.2) is 5.78 Å². The van der Waals surface area contributed by atoms with Crippen molar-refractivity contribution in [2.45, 2.75) is 56.9 Å². The Morgan fingerprint density at radius 1 is 1.18 bits per heavy atom. The number of primary amides is 1. The van der Waals surface area contributed by atoms with Crippen LogP contribution >= 0.6 is 0 Å². The number of phenolic OH excluding ortho intramolecular Hbond substituents is 1. The van der Waals surface area contributed by atoms with E-state index in [4.69, 9.17) is 5.73 Å². The number of nitrogens with one attached hydrogen (secondary N) is 1. The summed E-state index contributed by atoms with van der Waals surface area (Å²) in [5, 5.41) is 60.1. The Kier molecular flexibility index (Phi) is 6.72. The summed E-state index contributed by atoms with van der Waals surface area (Å²) >= 11 is 0. The maximum atomic E-state index is 13.8. The van der Waals surface area contributed by atoms with Gasteiger partial charge in [0, 0.05) is 23.6 Å². The number of nitrogens with two attached hydrogens (primary N) is 1. The lowest BCUT2D eigenvalue weighted by Gasteiger charge is -2.56. The van der Waals surface area contributed by atoms with Crippen LogP contribution in [-0.2, 0) is 16.1 Å². The molecule has 1 aromatic rings. The molecule has 3 aliphatic carbocycles. The summed E-state index contributed by atoms with van der Waals surface area (Å²) in [7, 11) is 2.89. The van der Waals surface area contributed by atoms with Gasteiger partial charge in [-0.2, -0.15) is 0 Å². The highest BCUT2D eigenvalue weighted by atomic mass is 16.4. The molecule has 1 aromatic carbocycles. The molecule has 206 valence electrons. The molecule has 1 amide bonds. The van der Waals surface area contributed by atoms with E-state index in [9.17, 15) is 39.9 Å². The summed E-state index contributed by atoms with van der Waals surface area (Å²) in [4.78, 5) is 40.6. The Hall–Kier alpha value is -3.25. The van der Waals surface area contributed by atoms with Gasteiger partial charge < -0.3 is 36.6 Å². The lowest BCUT2D eigenvalue weighted by molar-refractivity contribution is -0.199. The zero-order chi connectivity index (χ0) is 28.5. The van der Waals surface area contributed by atoms with Crippen molar-refractivity contribution in [2.75, 3.05) is 20.6 Å². The molecule has 11 nitrogen and oxygen atoms in total. The normalized spacial score (nSPS) is 31.0. The molecule has 8 N–H and O–H groups in total. The van der Waals surface area contributed by atoms with Crippen molar-refractivity contribution in [2.24, 2.45) is 17.6 Å². The number of aromatic hydroxyl groups is 1. The van der Waals surface area contributed by atoms with Gasteiger partial charge in [0.2, 0.25) is 11.4 Å². The van der Waals surface area contributed by atoms with Crippen LogP contribution in [0.5, 0.6) is 5.75 Å². The number of allylic oxidation sites excluding steroid dienone is 1. The number of rotatable bonds is 6. The Bertz CT molecular complexity index is 1300. The maximum absolute atomic E-state index is 13.8. The molecule has 1 unspecified atom stereocenters. The van der Waals surface area contributed by atoms with Gasteiger partial charge in [0.05, 0.1) is 5.56 Å². The second kappa shape index (κ2) is 9.19. The van der Waals surface area contributed by atoms with E-state index in [1.807, 2.05) is 13.8 Å². The van der Waals surface area contributed by atoms with Crippen molar-refractivity contribution in [1.29, 1.82) is 0 Å². The third-order valence-corrected chi connectivity index (χ3v) is 8.14. The van der Waals surface area contributed by atoms with Gasteiger partial charge in [0.25, 0.3) is 5.91 Å². The molecular weight excluding hydrogens is 494 g/mol. The van der Waals surface area contributed by atoms with Gasteiger partial charge in [0.1, 0.15) is 34.5 Å². The Morgan fingerprint density at radius 3 is 2.37 bits per heavy atom. The molecular formula is C27H35N3O8. The van der Waals surface area contributed by atoms with E-state index in [-0.39, 0.29) is 23.4 Å². The van der Waals surface area contributed by atoms with Crippen molar-refractivity contribution >= 4 is 17.5 Å². The van der Waals surface area contributed by atoms with E-state index in [0.717, 1.165) is 0 Å². The number of benzene rings is 1. The summed E-state index contributed by atoms with van der Waals surface area (Å²) in [5.41, 5.74) is -0.777. The minimum Gasteiger partial charge on any atom is -0.510 e. The number of fused-ring (bicyclic) bond motifs is 3. The Labute approximate surface area is 220 Å². The number of aliphatic hydroxyl groups excluding tert-OH is 2. The number of ketones is 2. The van der Waals surface area contributed by atoms with Crippen molar-refractivity contribution in [1.82, 2.24) is 10.2 Å². The molecule has 0 heterocycles. The average molecular weight is 530 g/mol. The van der Waals surface area contributed by atoms with Crippen LogP contribution < -0.4 is 11.1 Å². The van der Waals surface area contributed by atoms with Gasteiger partial charge in [-0.3, -0.25) is 19.3 Å². The minimum atomic E-state index is -3.15. The standard InChI is InChI=1S/C27H35N3O8/c1-11(2)9-29-10-13-6-7-14-12(3)15-8-26(37)22(30(4)5)21(33)18(25(28)36)24(35)27(26,38)23(34)17(15)20(32)16(14)19(13)31/h6-7,11-12,15,22,29,31,33-34,37-38H,8-10H2,1-5H3,(H2,28,36)/t12-,15?,22+,26+,27-/m0/s1. The van der Waals surface area contributed by atoms with Crippen LogP contribution in [0.15, 0.2) is 34.8 Å². The topological polar surface area (TPSA) is 194 Å². The minimum absolute atomic E-state index is 0.0610. The molecule has 0 aliphatic heterocycles. The van der Waals surface area contributed by atoms with Gasteiger partial charge in [-0.1, -0.05) is 32.9 Å². The van der Waals surface area contributed by atoms with Crippen LogP contribution in [0.2, 0.25) is 0 Å². The summed E-state index contributed by atoms with van der Waals surface area (Å²) in [6.45, 7) is 6.76. The summed E-state index contributed by atoms with van der Waals surface area (Å²) in [6.07, 6.45) is -0.418. The number of carbonyl (C=O) groups is 3. The molecule has 0 spiro atoms. The average Bonchev–Trinajstić information content (AvgIpc) is 2.80. The van der Waals surface area contributed by atoms with Crippen molar-refractivity contribution in [3.63, 3.8) is 0 Å². The van der Waals surface area contributed by atoms with Crippen LogP contribution in [0.1, 0.15) is 54.6 Å². The van der Waals surface area contributed by atoms with E-state index in [1.54, 1.807) is 19.1 Å². The lowest BCUT2D eigenvalue weighted by atomic mass is 9.54. The number of phenols is 1. The molecule has 0 saturated heterocycles. The molecule has 0 saturated carbocycles. The molecule has 0 fully saturated rings. The fourth-order valence-electron chi connectivity index (χ4n) is 6.30. The predicted molar refractivity (Wildman–Crippen MR) is 136 cm³/mol. The molecule has 38 heavy (non-hydrogen) atoms. The first kappa shape index (κ1) is 27.8. The van der Waals surface area contributed by atoms with E-state index in [2.05, 4.69) is 5.32 Å². The number of hydrogen-bond acceptors (Lipinski definition) is 10. The van der Waals surface area contributed by atoms with E-state index < -0.39 is 70.1 Å². The predicted octanol–water partition coefficient (Wildman–Crippen LogP) is 0.542. The summed E-state index contributed by atoms with van der Waals surface area (Å²) < 4.78 is 0. The van der Waals surface area contributed by atoms with Gasteiger partial charge in [-0.25, -0.2) is 0 Å². The largest absolute Gasteiger partial charge is 0.510 e. The van der Waals surface area contributed by atoms with Crippen LogP contribution in [0.4, 0.5) is 0 Å². The summed E-state index contributed by atoms with van der Waals surface area (Å²) in [5.74, 6) is -6.97. The van der Waals surface area contributed by atoms with E-state index in [0.29, 0.717) is 23.6 Å². The first-order chi connectivity index (χ1) is 17.6. The van der Waals surface area contributed by atoms with Gasteiger partial charge in [-0.05, 0) is 44.5 Å². The smallest absolute Gasteiger partial charge is 0.255 e. The van der Waals surface area contributed by atoms with Crippen LogP contribution in [-0.4, -0.2) is 85.8 Å². The molecule has 3 aliphatic rings. The number of amides is 1. The zero-order valence-electron chi connectivity index (χ0n) is 22.1. The monoisotopic (exact) mass is 529 g/mol. The highest BCUT2D eigenvalue weighted by Gasteiger charge is 2.72. The fourth-order valence-corrected chi connectivity index (χ4v) is 6.30. The second-order valence-electron chi connectivity index (χ2n) is 11.2. The maximum Gasteiger partial charge on any atom is 0.255 e. The molecule has 0 aromatic heterocycles. The number of likely N-dealkylation sites (N-methyl/N-ethyl adjacent to an activating group) is 1.